The Kier molecular flexibility index (Phi) is 6.08. The highest BCUT2D eigenvalue weighted by Gasteiger charge is 2.19. The van der Waals surface area contributed by atoms with E-state index < -0.39 is 10.0 Å². The number of carbonyl (C=O) groups excluding carboxylic acids is 1. The highest BCUT2D eigenvalue weighted by atomic mass is 35.5. The molecule has 0 saturated heterocycles. The molecule has 1 N–H and O–H groups in total. The molecule has 0 atom stereocenters. The van der Waals surface area contributed by atoms with Gasteiger partial charge in [-0.3, -0.25) is 9.10 Å². The molecule has 0 fully saturated rings. The van der Waals surface area contributed by atoms with Crippen molar-refractivity contribution in [1.29, 1.82) is 0 Å². The van der Waals surface area contributed by atoms with Crippen LogP contribution in [0.4, 0.5) is 11.4 Å². The van der Waals surface area contributed by atoms with Crippen molar-refractivity contribution < 1.29 is 13.2 Å². The lowest BCUT2D eigenvalue weighted by atomic mass is 10.1. The summed E-state index contributed by atoms with van der Waals surface area (Å²) in [7, 11) is -3.49. The largest absolute Gasteiger partial charge is 0.326 e. The monoisotopic (exact) mass is 380 g/mol. The molecule has 0 bridgehead atoms. The van der Waals surface area contributed by atoms with Gasteiger partial charge in [-0.25, -0.2) is 8.42 Å². The van der Waals surface area contributed by atoms with Crippen LogP contribution in [-0.2, 0) is 14.8 Å². The van der Waals surface area contributed by atoms with Gasteiger partial charge in [-0.05, 0) is 55.3 Å². The Morgan fingerprint density at radius 1 is 1.12 bits per heavy atom. The van der Waals surface area contributed by atoms with Gasteiger partial charge in [0.1, 0.15) is 0 Å². The molecule has 2 aromatic carbocycles. The van der Waals surface area contributed by atoms with Crippen LogP contribution in [0.25, 0.3) is 0 Å². The first-order chi connectivity index (χ1) is 11.6. The number of benzene rings is 2. The van der Waals surface area contributed by atoms with Gasteiger partial charge >= 0.3 is 0 Å². The molecule has 0 aliphatic rings. The molecule has 0 spiro atoms. The van der Waals surface area contributed by atoms with Crippen LogP contribution in [0.1, 0.15) is 17.5 Å². The van der Waals surface area contributed by atoms with Crippen LogP contribution >= 0.6 is 11.6 Å². The lowest BCUT2D eigenvalue weighted by Crippen LogP contribution is -2.33. The van der Waals surface area contributed by atoms with Crippen molar-refractivity contribution >= 4 is 38.9 Å². The average molecular weight is 381 g/mol. The summed E-state index contributed by atoms with van der Waals surface area (Å²) in [5.41, 5.74) is 3.07. The fraction of sp³-hybridized carbons (Fsp3) is 0.278. The van der Waals surface area contributed by atoms with Gasteiger partial charge in [-0.15, -0.1) is 0 Å². The average Bonchev–Trinajstić information content (AvgIpc) is 2.44. The number of carbonyl (C=O) groups is 1. The third-order valence-corrected chi connectivity index (χ3v) is 4.97. The Balaban J connectivity index is 2.12. The lowest BCUT2D eigenvalue weighted by Gasteiger charge is -2.23. The van der Waals surface area contributed by atoms with E-state index >= 15 is 0 Å². The van der Waals surface area contributed by atoms with Gasteiger partial charge in [0.25, 0.3) is 0 Å². The maximum Gasteiger partial charge on any atom is 0.232 e. The summed E-state index contributed by atoms with van der Waals surface area (Å²) in [6.45, 7) is 3.87. The van der Waals surface area contributed by atoms with Crippen molar-refractivity contribution in [2.24, 2.45) is 0 Å². The Bertz CT molecular complexity index is 861. The number of rotatable bonds is 6. The lowest BCUT2D eigenvalue weighted by molar-refractivity contribution is -0.116. The first-order valence-electron chi connectivity index (χ1n) is 7.76. The summed E-state index contributed by atoms with van der Waals surface area (Å²) in [5, 5.41) is 3.24. The third kappa shape index (κ3) is 5.76. The quantitative estimate of drug-likeness (QED) is 0.829. The van der Waals surface area contributed by atoms with Crippen LogP contribution in [0.2, 0.25) is 5.02 Å². The maximum absolute atomic E-state index is 12.1. The van der Waals surface area contributed by atoms with Crippen LogP contribution in [-0.4, -0.2) is 27.1 Å². The van der Waals surface area contributed by atoms with Crippen molar-refractivity contribution in [3.8, 4) is 0 Å². The molecule has 0 unspecified atom stereocenters. The van der Waals surface area contributed by atoms with Crippen molar-refractivity contribution in [2.45, 2.75) is 20.3 Å². The van der Waals surface area contributed by atoms with E-state index in [1.54, 1.807) is 36.4 Å². The Labute approximate surface area is 153 Å². The molecule has 0 aromatic heterocycles. The van der Waals surface area contributed by atoms with E-state index in [-0.39, 0.29) is 18.9 Å². The highest BCUT2D eigenvalue weighted by Crippen LogP contribution is 2.22. The second-order valence-corrected chi connectivity index (χ2v) is 8.33. The van der Waals surface area contributed by atoms with Crippen LogP contribution in [0.5, 0.6) is 0 Å². The van der Waals surface area contributed by atoms with E-state index in [1.165, 1.54) is 4.31 Å². The van der Waals surface area contributed by atoms with Gasteiger partial charge < -0.3 is 5.32 Å². The highest BCUT2D eigenvalue weighted by molar-refractivity contribution is 7.92. The van der Waals surface area contributed by atoms with Crippen LogP contribution < -0.4 is 9.62 Å². The second kappa shape index (κ2) is 7.89. The molecular weight excluding hydrogens is 360 g/mol. The van der Waals surface area contributed by atoms with Gasteiger partial charge in [0.15, 0.2) is 0 Å². The molecule has 1 amide bonds. The van der Waals surface area contributed by atoms with Crippen molar-refractivity contribution in [3.63, 3.8) is 0 Å². The number of sulfonamides is 1. The molecule has 0 aliphatic carbocycles. The number of hydrogen-bond donors (Lipinski definition) is 1. The van der Waals surface area contributed by atoms with Gasteiger partial charge in [-0.1, -0.05) is 23.7 Å². The Morgan fingerprint density at radius 2 is 1.76 bits per heavy atom. The Hall–Kier alpha value is -2.05. The van der Waals surface area contributed by atoms with Gasteiger partial charge in [0, 0.05) is 23.7 Å². The minimum Gasteiger partial charge on any atom is -0.326 e. The minimum absolute atomic E-state index is 0.0343. The van der Waals surface area contributed by atoms with Crippen molar-refractivity contribution in [3.05, 3.63) is 58.6 Å². The van der Waals surface area contributed by atoms with Crippen LogP contribution in [0, 0.1) is 13.8 Å². The fourth-order valence-corrected chi connectivity index (χ4v) is 3.68. The van der Waals surface area contributed by atoms with E-state index in [1.807, 2.05) is 19.9 Å². The van der Waals surface area contributed by atoms with Gasteiger partial charge in [0.2, 0.25) is 15.9 Å². The number of nitrogens with one attached hydrogen (secondary N) is 1. The van der Waals surface area contributed by atoms with Gasteiger partial charge in [-0.2, -0.15) is 0 Å². The summed E-state index contributed by atoms with van der Waals surface area (Å²) < 4.78 is 25.5. The topological polar surface area (TPSA) is 66.5 Å². The third-order valence-electron chi connectivity index (χ3n) is 3.55. The second-order valence-electron chi connectivity index (χ2n) is 5.99. The Morgan fingerprint density at radius 3 is 2.32 bits per heavy atom. The molecule has 2 aromatic rings. The predicted octanol–water partition coefficient (Wildman–Crippen LogP) is 3.75. The van der Waals surface area contributed by atoms with Crippen LogP contribution in [0.15, 0.2) is 42.5 Å². The summed E-state index contributed by atoms with van der Waals surface area (Å²) in [6, 6.07) is 12.4. The van der Waals surface area contributed by atoms with Crippen molar-refractivity contribution in [2.75, 3.05) is 22.4 Å². The standard InChI is InChI=1S/C18H21ClN2O3S/c1-13-9-14(2)11-17(10-13)21(25(3,23)24)8-7-18(22)20-16-6-4-5-15(19)12-16/h4-6,9-12H,7-8H2,1-3H3,(H,20,22). The smallest absolute Gasteiger partial charge is 0.232 e. The minimum atomic E-state index is -3.49. The normalized spacial score (nSPS) is 11.2. The van der Waals surface area contributed by atoms with E-state index in [0.717, 1.165) is 17.4 Å². The molecular formula is C18H21ClN2O3S. The zero-order valence-corrected chi connectivity index (χ0v) is 16.0. The van der Waals surface area contributed by atoms with E-state index in [4.69, 9.17) is 11.6 Å². The maximum atomic E-state index is 12.1. The first-order valence-corrected chi connectivity index (χ1v) is 9.99. The van der Waals surface area contributed by atoms with E-state index in [2.05, 4.69) is 5.32 Å². The molecule has 0 heterocycles. The van der Waals surface area contributed by atoms with Gasteiger partial charge in [0.05, 0.1) is 11.9 Å². The number of hydrogen-bond acceptors (Lipinski definition) is 3. The van der Waals surface area contributed by atoms with Crippen molar-refractivity contribution in [1.82, 2.24) is 0 Å². The number of amides is 1. The molecule has 7 heteroatoms. The summed E-state index contributed by atoms with van der Waals surface area (Å²) >= 11 is 5.89. The van der Waals surface area contributed by atoms with Crippen LogP contribution in [0.3, 0.4) is 0 Å². The number of aryl methyl sites for hydroxylation is 2. The first kappa shape index (κ1) is 19.3. The number of nitrogens with zero attached hydrogens (tertiary/aromatic N) is 1. The van der Waals surface area contributed by atoms with E-state index in [0.29, 0.717) is 16.4 Å². The molecule has 2 rings (SSSR count). The number of anilines is 2. The zero-order chi connectivity index (χ0) is 18.6. The zero-order valence-electron chi connectivity index (χ0n) is 14.4. The molecule has 0 radical (unpaired) electrons. The summed E-state index contributed by atoms with van der Waals surface area (Å²) in [4.78, 5) is 12.1. The predicted molar refractivity (Wildman–Crippen MR) is 103 cm³/mol. The fourth-order valence-electron chi connectivity index (χ4n) is 2.57. The summed E-state index contributed by atoms with van der Waals surface area (Å²) in [6.07, 6.45) is 1.17. The molecule has 25 heavy (non-hydrogen) atoms. The van der Waals surface area contributed by atoms with E-state index in [9.17, 15) is 13.2 Å². The summed E-state index contributed by atoms with van der Waals surface area (Å²) in [5.74, 6) is -0.278. The molecule has 5 nitrogen and oxygen atoms in total. The number of halogens is 1. The SMILES string of the molecule is Cc1cc(C)cc(N(CCC(=O)Nc2cccc(Cl)c2)S(C)(=O)=O)c1. The molecule has 0 saturated carbocycles. The molecule has 0 aliphatic heterocycles. The molecule has 134 valence electrons.